The predicted molar refractivity (Wildman–Crippen MR) is 143 cm³/mol. The fourth-order valence-corrected chi connectivity index (χ4v) is 5.43. The Kier molecular flexibility index (Phi) is 12.1. The van der Waals surface area contributed by atoms with Gasteiger partial charge in [0.05, 0.1) is 25.1 Å². The number of amides is 3. The third-order valence-corrected chi connectivity index (χ3v) is 7.71. The number of nitrogens with zero attached hydrogens (tertiary/aromatic N) is 2. The molecule has 1 aromatic rings. The molecular weight excluding hydrogens is 513 g/mol. The van der Waals surface area contributed by atoms with E-state index in [2.05, 4.69) is 5.32 Å². The number of carbonyl (C=O) groups is 3. The second kappa shape index (κ2) is 14.5. The van der Waals surface area contributed by atoms with Gasteiger partial charge in [-0.25, -0.2) is 9.59 Å². The topological polar surface area (TPSA) is 124 Å². The molecule has 1 aromatic carbocycles. The van der Waals surface area contributed by atoms with Crippen molar-refractivity contribution in [1.82, 2.24) is 15.1 Å². The number of nitrogens with one attached hydrogen (secondary N) is 1. The lowest BCUT2D eigenvalue weighted by molar-refractivity contribution is -0.135. The van der Waals surface area contributed by atoms with Crippen LogP contribution in [0.1, 0.15) is 66.0 Å². The van der Waals surface area contributed by atoms with E-state index in [0.29, 0.717) is 25.3 Å². The molecular formula is C26H42N3O8P. The first-order valence-corrected chi connectivity index (χ1v) is 14.7. The standard InChI is InChI=1S/C26H42N3O8P/c1-7-10-18-34-25(32)29-16-14-28(15-17-29)23(30)22(27-24(31)37-26(4,5)6)20-12-11-13-21(19-20)38(33,35-8-2)36-9-3/h11-13,19,22H,7-10,14-18H2,1-6H3,(H,27,31). The zero-order valence-corrected chi connectivity index (χ0v) is 24.3. The molecule has 1 aliphatic rings. The van der Waals surface area contributed by atoms with Gasteiger partial charge in [0.15, 0.2) is 0 Å². The maximum Gasteiger partial charge on any atom is 0.409 e. The van der Waals surface area contributed by atoms with Gasteiger partial charge >= 0.3 is 19.8 Å². The van der Waals surface area contributed by atoms with Gasteiger partial charge in [-0.15, -0.1) is 0 Å². The van der Waals surface area contributed by atoms with Gasteiger partial charge in [-0.1, -0.05) is 25.5 Å². The normalized spacial score (nSPS) is 15.1. The van der Waals surface area contributed by atoms with E-state index in [0.717, 1.165) is 12.8 Å². The first-order chi connectivity index (χ1) is 17.9. The molecule has 1 saturated heterocycles. The lowest BCUT2D eigenvalue weighted by Gasteiger charge is -2.36. The minimum Gasteiger partial charge on any atom is -0.449 e. The predicted octanol–water partition coefficient (Wildman–Crippen LogP) is 4.22. The van der Waals surface area contributed by atoms with Crippen LogP contribution in [0.25, 0.3) is 0 Å². The average molecular weight is 556 g/mol. The van der Waals surface area contributed by atoms with Gasteiger partial charge in [0.1, 0.15) is 11.6 Å². The highest BCUT2D eigenvalue weighted by Gasteiger charge is 2.34. The SMILES string of the molecule is CCCCOC(=O)N1CCN(C(=O)C(NC(=O)OC(C)(C)C)c2cccc(P(=O)(OCC)OCC)c2)CC1. The number of hydrogen-bond donors (Lipinski definition) is 1. The van der Waals surface area contributed by atoms with Crippen molar-refractivity contribution in [2.45, 2.75) is 66.0 Å². The molecule has 0 aliphatic carbocycles. The summed E-state index contributed by atoms with van der Waals surface area (Å²) in [4.78, 5) is 41.8. The van der Waals surface area contributed by atoms with Gasteiger partial charge in [0.2, 0.25) is 5.91 Å². The molecule has 0 bridgehead atoms. The number of benzene rings is 1. The van der Waals surface area contributed by atoms with Crippen molar-refractivity contribution in [2.24, 2.45) is 0 Å². The Labute approximate surface area is 225 Å². The van der Waals surface area contributed by atoms with E-state index in [1.54, 1.807) is 68.7 Å². The summed E-state index contributed by atoms with van der Waals surface area (Å²) in [5.41, 5.74) is -0.373. The first kappa shape index (κ1) is 31.6. The van der Waals surface area contributed by atoms with Crippen LogP contribution in [0.5, 0.6) is 0 Å². The van der Waals surface area contributed by atoms with Crippen LogP contribution in [0.15, 0.2) is 24.3 Å². The van der Waals surface area contributed by atoms with Gasteiger partial charge in [-0.3, -0.25) is 9.36 Å². The van der Waals surface area contributed by atoms with Crippen molar-refractivity contribution in [3.05, 3.63) is 29.8 Å². The maximum absolute atomic E-state index is 13.7. The number of rotatable bonds is 11. The van der Waals surface area contributed by atoms with E-state index in [-0.39, 0.29) is 37.5 Å². The summed E-state index contributed by atoms with van der Waals surface area (Å²) in [6, 6.07) is 5.33. The Balaban J connectivity index is 2.28. The third-order valence-electron chi connectivity index (χ3n) is 5.60. The molecule has 1 N–H and O–H groups in total. The lowest BCUT2D eigenvalue weighted by Crippen LogP contribution is -2.53. The molecule has 1 atom stereocenters. The minimum absolute atomic E-state index is 0.172. The molecule has 0 radical (unpaired) electrons. The molecule has 0 spiro atoms. The number of carbonyl (C=O) groups excluding carboxylic acids is 3. The maximum atomic E-state index is 13.7. The summed E-state index contributed by atoms with van der Waals surface area (Å²) >= 11 is 0. The van der Waals surface area contributed by atoms with Gasteiger partial charge in [-0.2, -0.15) is 0 Å². The number of alkyl carbamates (subject to hydrolysis) is 1. The van der Waals surface area contributed by atoms with E-state index < -0.39 is 31.4 Å². The highest BCUT2D eigenvalue weighted by Crippen LogP contribution is 2.47. The number of piperazine rings is 1. The van der Waals surface area contributed by atoms with Crippen molar-refractivity contribution in [3.8, 4) is 0 Å². The molecule has 1 aliphatic heterocycles. The number of hydrogen-bond acceptors (Lipinski definition) is 8. The molecule has 0 saturated carbocycles. The monoisotopic (exact) mass is 555 g/mol. The Bertz CT molecular complexity index is 979. The Morgan fingerprint density at radius 3 is 2.16 bits per heavy atom. The van der Waals surface area contributed by atoms with Crippen LogP contribution < -0.4 is 10.6 Å². The molecule has 38 heavy (non-hydrogen) atoms. The zero-order chi connectivity index (χ0) is 28.3. The van der Waals surface area contributed by atoms with E-state index in [1.165, 1.54) is 0 Å². The van der Waals surface area contributed by atoms with Gasteiger partial charge in [0, 0.05) is 26.2 Å². The average Bonchev–Trinajstić information content (AvgIpc) is 2.86. The molecule has 11 nitrogen and oxygen atoms in total. The van der Waals surface area contributed by atoms with Crippen molar-refractivity contribution < 1.29 is 37.5 Å². The van der Waals surface area contributed by atoms with Gasteiger partial charge in [-0.05, 0) is 58.7 Å². The molecule has 3 amide bonds. The molecule has 1 heterocycles. The summed E-state index contributed by atoms with van der Waals surface area (Å²) in [6.45, 7) is 12.5. The fourth-order valence-electron chi connectivity index (χ4n) is 3.80. The van der Waals surface area contributed by atoms with Crippen molar-refractivity contribution in [1.29, 1.82) is 0 Å². The van der Waals surface area contributed by atoms with E-state index in [1.807, 2.05) is 6.92 Å². The van der Waals surface area contributed by atoms with E-state index >= 15 is 0 Å². The first-order valence-electron chi connectivity index (χ1n) is 13.1. The largest absolute Gasteiger partial charge is 0.449 e. The molecule has 214 valence electrons. The Hall–Kier alpha value is -2.62. The van der Waals surface area contributed by atoms with Crippen molar-refractivity contribution in [3.63, 3.8) is 0 Å². The quantitative estimate of drug-likeness (QED) is 0.318. The summed E-state index contributed by atoms with van der Waals surface area (Å²) in [5, 5.41) is 2.95. The molecule has 12 heteroatoms. The second-order valence-electron chi connectivity index (χ2n) is 9.79. The van der Waals surface area contributed by atoms with Crippen LogP contribution in [0, 0.1) is 0 Å². The van der Waals surface area contributed by atoms with Gasteiger partial charge < -0.3 is 33.6 Å². The molecule has 1 fully saturated rings. The third kappa shape index (κ3) is 9.29. The summed E-state index contributed by atoms with van der Waals surface area (Å²) in [5.74, 6) is -0.380. The van der Waals surface area contributed by atoms with E-state index in [4.69, 9.17) is 18.5 Å². The number of ether oxygens (including phenoxy) is 2. The fraction of sp³-hybridized carbons (Fsp3) is 0.654. The molecule has 1 unspecified atom stereocenters. The summed E-state index contributed by atoms with van der Waals surface area (Å²) < 4.78 is 35.0. The van der Waals surface area contributed by atoms with E-state index in [9.17, 15) is 18.9 Å². The number of unbranched alkanes of at least 4 members (excludes halogenated alkanes) is 1. The Morgan fingerprint density at radius 2 is 1.61 bits per heavy atom. The second-order valence-corrected chi connectivity index (χ2v) is 11.8. The smallest absolute Gasteiger partial charge is 0.409 e. The van der Waals surface area contributed by atoms with Crippen molar-refractivity contribution >= 4 is 31.0 Å². The highest BCUT2D eigenvalue weighted by atomic mass is 31.2. The lowest BCUT2D eigenvalue weighted by atomic mass is 10.1. The van der Waals surface area contributed by atoms with Gasteiger partial charge in [0.25, 0.3) is 0 Å². The highest BCUT2D eigenvalue weighted by molar-refractivity contribution is 7.62. The zero-order valence-electron chi connectivity index (χ0n) is 23.4. The van der Waals surface area contributed by atoms with Crippen LogP contribution in [-0.2, 0) is 27.9 Å². The van der Waals surface area contributed by atoms with Crippen LogP contribution >= 0.6 is 7.60 Å². The Morgan fingerprint density at radius 1 is 1.00 bits per heavy atom. The summed E-state index contributed by atoms with van der Waals surface area (Å²) in [7, 11) is -3.63. The van der Waals surface area contributed by atoms with Crippen LogP contribution in [0.2, 0.25) is 0 Å². The molecule has 0 aromatic heterocycles. The van der Waals surface area contributed by atoms with Crippen LogP contribution in [0.3, 0.4) is 0 Å². The summed E-state index contributed by atoms with van der Waals surface area (Å²) in [6.07, 6.45) is 0.551. The van der Waals surface area contributed by atoms with Crippen LogP contribution in [0.4, 0.5) is 9.59 Å². The van der Waals surface area contributed by atoms with Crippen molar-refractivity contribution in [2.75, 3.05) is 46.0 Å². The van der Waals surface area contributed by atoms with Crippen LogP contribution in [-0.4, -0.2) is 79.5 Å². The minimum atomic E-state index is -3.63. The molecule has 2 rings (SSSR count).